The molecule has 1 nitrogen and oxygen atoms in total. The molecule has 5 heavy (non-hydrogen) atoms. The van der Waals surface area contributed by atoms with Crippen LogP contribution in [-0.4, -0.2) is 0 Å². The zero-order valence-electron chi connectivity index (χ0n) is 2.85. The third-order valence-corrected chi connectivity index (χ3v) is 1.43. The van der Waals surface area contributed by atoms with Crippen LogP contribution < -0.4 is 0 Å². The molecule has 0 aromatic rings. The van der Waals surface area contributed by atoms with E-state index in [1.807, 2.05) is 0 Å². The van der Waals surface area contributed by atoms with Crippen molar-refractivity contribution in [2.24, 2.45) is 0 Å². The molecule has 0 unspecified atom stereocenters. The van der Waals surface area contributed by atoms with Crippen LogP contribution in [0.2, 0.25) is 4.98 Å². The van der Waals surface area contributed by atoms with Crippen molar-refractivity contribution >= 4 is 0 Å². The van der Waals surface area contributed by atoms with Gasteiger partial charge in [0, 0.05) is 0 Å². The molecular weight excluding hydrogens is 240 g/mol. The molecular formula is C3H6NOs. The Kier molecular flexibility index (Phi) is 4.32. The predicted molar refractivity (Wildman–Crippen MR) is 17.7 cm³/mol. The van der Waals surface area contributed by atoms with Crippen molar-refractivity contribution in [3.05, 3.63) is 12.7 Å². The van der Waals surface area contributed by atoms with E-state index in [0.29, 0.717) is 0 Å². The molecule has 2 heteroatoms. The molecule has 0 aromatic carbocycles. The predicted octanol–water partition coefficient (Wildman–Crippen LogP) is 1.44. The third-order valence-electron chi connectivity index (χ3n) is 0.174. The summed E-state index contributed by atoms with van der Waals surface area (Å²) in [5, 5.41) is 0. The summed E-state index contributed by atoms with van der Waals surface area (Å²) in [5.74, 6) is 0. The number of nitrogens with one attached hydrogen (secondary N) is 1. The van der Waals surface area contributed by atoms with E-state index in [0.717, 1.165) is 4.98 Å². The molecule has 0 aliphatic rings. The Morgan fingerprint density at radius 3 is 2.60 bits per heavy atom. The SMILES string of the molecule is C=C[CH2][Os]=[NH]. The molecule has 0 fully saturated rings. The molecule has 31 valence electrons. The van der Waals surface area contributed by atoms with Crippen molar-refractivity contribution in [3.8, 4) is 0 Å². The molecule has 0 aliphatic heterocycles. The number of hydrogen-bond donors (Lipinski definition) is 1. The van der Waals surface area contributed by atoms with E-state index in [-0.39, 0.29) is 0 Å². The average molecular weight is 246 g/mol. The van der Waals surface area contributed by atoms with E-state index in [1.54, 1.807) is 6.08 Å². The first-order valence-electron chi connectivity index (χ1n) is 1.24. The van der Waals surface area contributed by atoms with Crippen LogP contribution in [0.3, 0.4) is 0 Å². The van der Waals surface area contributed by atoms with Crippen LogP contribution in [0.1, 0.15) is 0 Å². The van der Waals surface area contributed by atoms with Gasteiger partial charge in [-0.15, -0.1) is 0 Å². The Balaban J connectivity index is 2.65. The first-order valence-corrected chi connectivity index (χ1v) is 4.31. The van der Waals surface area contributed by atoms with E-state index in [2.05, 4.69) is 6.58 Å². The van der Waals surface area contributed by atoms with Crippen molar-refractivity contribution in [1.29, 1.82) is 4.06 Å². The Morgan fingerprint density at radius 1 is 2.00 bits per heavy atom. The number of allylic oxidation sites excluding steroid dienone is 1. The fourth-order valence-corrected chi connectivity index (χ4v) is 0.418. The van der Waals surface area contributed by atoms with Crippen molar-refractivity contribution in [2.45, 2.75) is 4.98 Å². The van der Waals surface area contributed by atoms with E-state index >= 15 is 0 Å². The summed E-state index contributed by atoms with van der Waals surface area (Å²) in [4.78, 5) is 0.958. The molecule has 0 aliphatic carbocycles. The first kappa shape index (κ1) is 5.18. The molecule has 0 saturated carbocycles. The molecule has 0 rings (SSSR count). The van der Waals surface area contributed by atoms with Gasteiger partial charge in [0.05, 0.1) is 0 Å². The summed E-state index contributed by atoms with van der Waals surface area (Å²) < 4.78 is 6.67. The summed E-state index contributed by atoms with van der Waals surface area (Å²) >= 11 is -0.454. The Hall–Kier alpha value is 0.176. The van der Waals surface area contributed by atoms with Crippen LogP contribution in [0, 0.1) is 4.06 Å². The maximum absolute atomic E-state index is 6.67. The van der Waals surface area contributed by atoms with Gasteiger partial charge in [-0.2, -0.15) is 0 Å². The first-order chi connectivity index (χ1) is 2.41. The van der Waals surface area contributed by atoms with E-state index in [9.17, 15) is 0 Å². The van der Waals surface area contributed by atoms with Crippen LogP contribution in [0.15, 0.2) is 12.7 Å². The van der Waals surface area contributed by atoms with Crippen molar-refractivity contribution < 1.29 is 17.2 Å². The summed E-state index contributed by atoms with van der Waals surface area (Å²) in [5.41, 5.74) is 0. The summed E-state index contributed by atoms with van der Waals surface area (Å²) in [7, 11) is 0. The van der Waals surface area contributed by atoms with E-state index in [1.165, 1.54) is 0 Å². The van der Waals surface area contributed by atoms with Gasteiger partial charge in [0.25, 0.3) is 0 Å². The van der Waals surface area contributed by atoms with Gasteiger partial charge in [0.15, 0.2) is 0 Å². The van der Waals surface area contributed by atoms with Gasteiger partial charge >= 0.3 is 38.9 Å². The topological polar surface area (TPSA) is 23.9 Å². The minimum absolute atomic E-state index is 0.454. The van der Waals surface area contributed by atoms with Crippen LogP contribution in [0.25, 0.3) is 0 Å². The quantitative estimate of drug-likeness (QED) is 0.713. The Labute approximate surface area is 39.5 Å². The normalized spacial score (nSPS) is 7.20. The number of hydrogen-bond acceptors (Lipinski definition) is 1. The van der Waals surface area contributed by atoms with Gasteiger partial charge in [-0.3, -0.25) is 0 Å². The average Bonchev–Trinajstić information content (AvgIpc) is 1.41. The zero-order chi connectivity index (χ0) is 4.12. The summed E-state index contributed by atoms with van der Waals surface area (Å²) in [6.45, 7) is 3.47. The number of rotatable bonds is 2. The van der Waals surface area contributed by atoms with Crippen molar-refractivity contribution in [1.82, 2.24) is 0 Å². The Bertz CT molecular complexity index is 36.2. The molecule has 0 spiro atoms. The summed E-state index contributed by atoms with van der Waals surface area (Å²) in [6.07, 6.45) is 1.80. The fourth-order valence-electron chi connectivity index (χ4n) is 0.0510. The van der Waals surface area contributed by atoms with Gasteiger partial charge in [-0.1, -0.05) is 0 Å². The molecule has 1 N–H and O–H groups in total. The fraction of sp³-hybridized carbons (Fsp3) is 0.333. The molecule has 0 saturated heterocycles. The van der Waals surface area contributed by atoms with E-state index in [4.69, 9.17) is 4.06 Å². The molecule has 0 bridgehead atoms. The zero-order valence-corrected chi connectivity index (χ0v) is 5.39. The van der Waals surface area contributed by atoms with Gasteiger partial charge in [-0.25, -0.2) is 0 Å². The van der Waals surface area contributed by atoms with Gasteiger partial charge in [-0.05, 0) is 0 Å². The second-order valence-corrected chi connectivity index (χ2v) is 2.49. The molecule has 0 heterocycles. The molecule has 0 aromatic heterocycles. The van der Waals surface area contributed by atoms with Crippen LogP contribution in [-0.2, 0) is 17.2 Å². The Morgan fingerprint density at radius 2 is 2.60 bits per heavy atom. The second kappa shape index (κ2) is 4.18. The van der Waals surface area contributed by atoms with Crippen molar-refractivity contribution in [2.75, 3.05) is 0 Å². The van der Waals surface area contributed by atoms with Crippen molar-refractivity contribution in [3.63, 3.8) is 0 Å². The minimum atomic E-state index is -0.454. The van der Waals surface area contributed by atoms with Crippen LogP contribution >= 0.6 is 0 Å². The summed E-state index contributed by atoms with van der Waals surface area (Å²) in [6, 6.07) is 0. The third kappa shape index (κ3) is 4.18. The maximum atomic E-state index is 6.67. The van der Waals surface area contributed by atoms with Gasteiger partial charge < -0.3 is 0 Å². The monoisotopic (exact) mass is 248 g/mol. The second-order valence-electron chi connectivity index (χ2n) is 0.558. The van der Waals surface area contributed by atoms with E-state index < -0.39 is 17.2 Å². The molecule has 0 amide bonds. The van der Waals surface area contributed by atoms with Crippen LogP contribution in [0.5, 0.6) is 0 Å². The van der Waals surface area contributed by atoms with Gasteiger partial charge in [0.2, 0.25) is 0 Å². The molecule has 0 atom stereocenters. The molecule has 0 radical (unpaired) electrons. The standard InChI is InChI=1S/C3H5.HN.Os/c1-3-2;;/h3H,1-2H2;1H;. The van der Waals surface area contributed by atoms with Crippen LogP contribution in [0.4, 0.5) is 0 Å². The van der Waals surface area contributed by atoms with Gasteiger partial charge in [0.1, 0.15) is 0 Å².